The highest BCUT2D eigenvalue weighted by Crippen LogP contribution is 2.65. The van der Waals surface area contributed by atoms with Gasteiger partial charge in [0, 0.05) is 17.5 Å². The summed E-state index contributed by atoms with van der Waals surface area (Å²) in [4.78, 5) is 4.82. The van der Waals surface area contributed by atoms with Crippen molar-refractivity contribution in [3.63, 3.8) is 0 Å². The second-order valence-electron chi connectivity index (χ2n) is 11.9. The summed E-state index contributed by atoms with van der Waals surface area (Å²) < 4.78 is 2.43. The number of aromatic nitrogens is 2. The molecule has 3 heteroatoms. The number of para-hydroxylation sites is 1. The Balaban J connectivity index is 1.34. The fraction of sp³-hybridized carbons (Fsp3) is 0.581. The molecule has 0 amide bonds. The van der Waals surface area contributed by atoms with E-state index >= 15 is 0 Å². The molecule has 1 aromatic carbocycles. The van der Waals surface area contributed by atoms with Gasteiger partial charge in [-0.05, 0) is 92.6 Å². The maximum absolute atomic E-state index is 10.3. The van der Waals surface area contributed by atoms with E-state index in [1.807, 2.05) is 0 Å². The molecule has 0 bridgehead atoms. The minimum atomic E-state index is -0.131. The normalized spacial score (nSPS) is 36.8. The van der Waals surface area contributed by atoms with Crippen LogP contribution in [0.4, 0.5) is 0 Å². The molecule has 0 saturated heterocycles. The van der Waals surface area contributed by atoms with Crippen LogP contribution in [0.25, 0.3) is 16.7 Å². The zero-order valence-electron chi connectivity index (χ0n) is 20.8. The van der Waals surface area contributed by atoms with E-state index in [9.17, 15) is 5.11 Å². The second kappa shape index (κ2) is 8.13. The molecule has 2 aromatic rings. The average Bonchev–Trinajstić information content (AvgIpc) is 3.40. The number of benzene rings is 1. The van der Waals surface area contributed by atoms with Gasteiger partial charge < -0.3 is 9.67 Å². The van der Waals surface area contributed by atoms with E-state index in [0.29, 0.717) is 5.92 Å². The summed E-state index contributed by atoms with van der Waals surface area (Å²) in [6.07, 6.45) is 23.3. The molecule has 1 N–H and O–H groups in total. The maximum atomic E-state index is 10.3. The van der Waals surface area contributed by atoms with Gasteiger partial charge in [-0.25, -0.2) is 4.98 Å². The van der Waals surface area contributed by atoms with Crippen LogP contribution < -0.4 is 0 Å². The molecule has 6 rings (SSSR count). The Hall–Kier alpha value is -2.31. The molecular weight excluding hydrogens is 416 g/mol. The standard InChI is InChI=1S/C31H38N2O/c1-4-5-6-8-21-9-7-10-27-29(21)33(20-32-27)28-14-13-25-24-12-11-22-19-23(34)15-17-30(22,2)26(24)16-18-31(25,28)3/h1,7,9-11,14,20,23-26,34H,5-6,8,12-13,15-19H2,2-3H3/t23-,24?,25?,26?,30-,31-/m0/s1. The summed E-state index contributed by atoms with van der Waals surface area (Å²) in [5, 5.41) is 10.3. The molecule has 4 aliphatic rings. The second-order valence-corrected chi connectivity index (χ2v) is 11.9. The Morgan fingerprint density at radius 3 is 2.82 bits per heavy atom. The highest BCUT2D eigenvalue weighted by molar-refractivity contribution is 5.83. The van der Waals surface area contributed by atoms with Crippen molar-refractivity contribution in [2.45, 2.75) is 84.2 Å². The van der Waals surface area contributed by atoms with Crippen LogP contribution in [-0.4, -0.2) is 20.8 Å². The van der Waals surface area contributed by atoms with Crippen molar-refractivity contribution in [1.29, 1.82) is 0 Å². The van der Waals surface area contributed by atoms with Gasteiger partial charge in [0.05, 0.1) is 17.1 Å². The molecule has 2 saturated carbocycles. The minimum Gasteiger partial charge on any atom is -0.393 e. The van der Waals surface area contributed by atoms with E-state index in [4.69, 9.17) is 11.4 Å². The number of aryl methyl sites for hydroxylation is 1. The van der Waals surface area contributed by atoms with Crippen LogP contribution in [-0.2, 0) is 6.42 Å². The van der Waals surface area contributed by atoms with E-state index < -0.39 is 0 Å². The van der Waals surface area contributed by atoms with Crippen LogP contribution in [0.3, 0.4) is 0 Å². The molecular formula is C31H38N2O. The molecule has 3 unspecified atom stereocenters. The number of nitrogens with zero attached hydrogens (tertiary/aromatic N) is 2. The summed E-state index contributed by atoms with van der Waals surface area (Å²) in [5.41, 5.74) is 7.26. The molecule has 0 spiro atoms. The van der Waals surface area contributed by atoms with Crippen LogP contribution in [0, 0.1) is 40.9 Å². The fourth-order valence-corrected chi connectivity index (χ4v) is 8.46. The Morgan fingerprint density at radius 2 is 1.97 bits per heavy atom. The largest absolute Gasteiger partial charge is 0.393 e. The van der Waals surface area contributed by atoms with Gasteiger partial charge in [0.15, 0.2) is 0 Å². The molecule has 178 valence electrons. The minimum absolute atomic E-state index is 0.131. The first-order chi connectivity index (χ1) is 16.5. The number of rotatable bonds is 4. The third-order valence-corrected chi connectivity index (χ3v) is 10.3. The highest BCUT2D eigenvalue weighted by atomic mass is 16.3. The third kappa shape index (κ3) is 3.18. The van der Waals surface area contributed by atoms with Gasteiger partial charge in [-0.3, -0.25) is 0 Å². The van der Waals surface area contributed by atoms with Crippen molar-refractivity contribution < 1.29 is 5.11 Å². The van der Waals surface area contributed by atoms with Gasteiger partial charge in [0.1, 0.15) is 6.33 Å². The molecule has 1 heterocycles. The topological polar surface area (TPSA) is 38.0 Å². The number of allylic oxidation sites excluding steroid dienone is 3. The van der Waals surface area contributed by atoms with E-state index in [1.165, 1.54) is 42.5 Å². The monoisotopic (exact) mass is 454 g/mol. The van der Waals surface area contributed by atoms with Gasteiger partial charge >= 0.3 is 0 Å². The molecule has 3 nitrogen and oxygen atoms in total. The predicted octanol–water partition coefficient (Wildman–Crippen LogP) is 6.77. The molecule has 4 aliphatic carbocycles. The number of fused-ring (bicyclic) bond motifs is 6. The number of unbranched alkanes of at least 4 members (excludes halogenated alkanes) is 1. The van der Waals surface area contributed by atoms with E-state index in [2.05, 4.69) is 61.0 Å². The number of aliphatic hydroxyl groups is 1. The Morgan fingerprint density at radius 1 is 1.12 bits per heavy atom. The van der Waals surface area contributed by atoms with Gasteiger partial charge in [-0.2, -0.15) is 0 Å². The van der Waals surface area contributed by atoms with Gasteiger partial charge in [-0.1, -0.05) is 43.7 Å². The Bertz CT molecular complexity index is 1210. The predicted molar refractivity (Wildman–Crippen MR) is 139 cm³/mol. The molecule has 2 fully saturated rings. The summed E-state index contributed by atoms with van der Waals surface area (Å²) in [5.74, 6) is 4.97. The fourth-order valence-electron chi connectivity index (χ4n) is 8.46. The van der Waals surface area contributed by atoms with Gasteiger partial charge in [-0.15, -0.1) is 12.3 Å². The highest BCUT2D eigenvalue weighted by Gasteiger charge is 2.57. The quantitative estimate of drug-likeness (QED) is 0.315. The SMILES string of the molecule is C#CCCCc1cccc2ncn(C3=CCC4C5CC=C6C[C@@H](O)CC[C@]6(C)C5CC[C@]34C)c12. The number of terminal acetylenes is 1. The average molecular weight is 455 g/mol. The van der Waals surface area contributed by atoms with Crippen LogP contribution >= 0.6 is 0 Å². The summed E-state index contributed by atoms with van der Waals surface area (Å²) >= 11 is 0. The first kappa shape index (κ1) is 22.2. The van der Waals surface area contributed by atoms with Crippen LogP contribution in [0.15, 0.2) is 42.3 Å². The van der Waals surface area contributed by atoms with Crippen molar-refractivity contribution in [3.8, 4) is 12.3 Å². The molecule has 0 aliphatic heterocycles. The van der Waals surface area contributed by atoms with E-state index in [-0.39, 0.29) is 16.9 Å². The maximum Gasteiger partial charge on any atom is 0.100 e. The van der Waals surface area contributed by atoms with Crippen LogP contribution in [0.2, 0.25) is 0 Å². The van der Waals surface area contributed by atoms with Crippen molar-refractivity contribution in [2.24, 2.45) is 28.6 Å². The van der Waals surface area contributed by atoms with Gasteiger partial charge in [0.25, 0.3) is 0 Å². The lowest BCUT2D eigenvalue weighted by Crippen LogP contribution is -2.50. The summed E-state index contributed by atoms with van der Waals surface area (Å²) in [6.45, 7) is 5.05. The van der Waals surface area contributed by atoms with Crippen molar-refractivity contribution in [3.05, 3.63) is 47.8 Å². The third-order valence-electron chi connectivity index (χ3n) is 10.3. The first-order valence-corrected chi connectivity index (χ1v) is 13.4. The van der Waals surface area contributed by atoms with E-state index in [1.54, 1.807) is 5.57 Å². The lowest BCUT2D eigenvalue weighted by molar-refractivity contribution is -0.0249. The number of hydrogen-bond acceptors (Lipinski definition) is 2. The van der Waals surface area contributed by atoms with Crippen molar-refractivity contribution in [2.75, 3.05) is 0 Å². The van der Waals surface area contributed by atoms with E-state index in [0.717, 1.165) is 55.9 Å². The van der Waals surface area contributed by atoms with Crippen LogP contribution in [0.1, 0.15) is 77.2 Å². The lowest BCUT2D eigenvalue weighted by atomic mass is 9.48. The zero-order valence-corrected chi connectivity index (χ0v) is 20.8. The summed E-state index contributed by atoms with van der Waals surface area (Å²) in [6, 6.07) is 6.54. The lowest BCUT2D eigenvalue weighted by Gasteiger charge is -2.57. The summed E-state index contributed by atoms with van der Waals surface area (Å²) in [7, 11) is 0. The zero-order chi connectivity index (χ0) is 23.5. The molecule has 0 radical (unpaired) electrons. The Labute approximate surface area is 204 Å². The molecule has 34 heavy (non-hydrogen) atoms. The molecule has 1 aromatic heterocycles. The van der Waals surface area contributed by atoms with Crippen molar-refractivity contribution in [1.82, 2.24) is 9.55 Å². The number of hydrogen-bond donors (Lipinski definition) is 1. The number of aliphatic hydroxyl groups excluding tert-OH is 1. The smallest absolute Gasteiger partial charge is 0.100 e. The first-order valence-electron chi connectivity index (χ1n) is 13.4. The Kier molecular flexibility index (Phi) is 5.30. The van der Waals surface area contributed by atoms with Crippen LogP contribution in [0.5, 0.6) is 0 Å². The van der Waals surface area contributed by atoms with Crippen molar-refractivity contribution >= 4 is 16.7 Å². The molecule has 6 atom stereocenters. The van der Waals surface area contributed by atoms with Gasteiger partial charge in [0.2, 0.25) is 0 Å². The number of imidazole rings is 1.